The predicted molar refractivity (Wildman–Crippen MR) is 75.6 cm³/mol. The first kappa shape index (κ1) is 15.3. The van der Waals surface area contributed by atoms with E-state index < -0.39 is 6.10 Å². The van der Waals surface area contributed by atoms with Crippen molar-refractivity contribution in [1.82, 2.24) is 0 Å². The van der Waals surface area contributed by atoms with Gasteiger partial charge in [0.15, 0.2) is 6.10 Å². The Bertz CT molecular complexity index is 441. The Morgan fingerprint density at radius 1 is 1.26 bits per heavy atom. The van der Waals surface area contributed by atoms with Gasteiger partial charge in [-0.2, -0.15) is 0 Å². The van der Waals surface area contributed by atoms with Crippen LogP contribution in [-0.2, 0) is 9.53 Å². The number of ether oxygens (including phenoxy) is 1. The summed E-state index contributed by atoms with van der Waals surface area (Å²) in [6, 6.07) is 9.62. The lowest BCUT2D eigenvalue weighted by atomic mass is 10.1. The van der Waals surface area contributed by atoms with Gasteiger partial charge in [0.25, 0.3) is 0 Å². The molecule has 0 saturated carbocycles. The van der Waals surface area contributed by atoms with Gasteiger partial charge in [-0.15, -0.1) is 0 Å². The first-order chi connectivity index (χ1) is 9.17. The number of hydrogen-bond donors (Lipinski definition) is 1. The van der Waals surface area contributed by atoms with Crippen LogP contribution in [0.5, 0.6) is 0 Å². The molecule has 19 heavy (non-hydrogen) atoms. The average molecular weight is 260 g/mol. The zero-order valence-electron chi connectivity index (χ0n) is 11.9. The van der Waals surface area contributed by atoms with E-state index in [1.165, 1.54) is 11.8 Å². The summed E-state index contributed by atoms with van der Waals surface area (Å²) < 4.78 is 5.26. The molecule has 0 aliphatic heterocycles. The largest absolute Gasteiger partial charge is 0.444 e. The molecule has 1 rings (SSSR count). The van der Waals surface area contributed by atoms with Gasteiger partial charge < -0.3 is 9.64 Å². The van der Waals surface area contributed by atoms with Gasteiger partial charge in [-0.25, -0.2) is 0 Å². The SMILES string of the molecule is CC[NH+](CC)CC#CC(OC(C)=O)c1ccccc1. The van der Waals surface area contributed by atoms with Crippen molar-refractivity contribution in [1.29, 1.82) is 0 Å². The van der Waals surface area contributed by atoms with Gasteiger partial charge in [0.1, 0.15) is 6.54 Å². The smallest absolute Gasteiger partial charge is 0.304 e. The quantitative estimate of drug-likeness (QED) is 0.637. The molecular weight excluding hydrogens is 238 g/mol. The first-order valence-corrected chi connectivity index (χ1v) is 6.71. The zero-order chi connectivity index (χ0) is 14.1. The highest BCUT2D eigenvalue weighted by molar-refractivity contribution is 5.66. The molecule has 0 bridgehead atoms. The van der Waals surface area contributed by atoms with Crippen molar-refractivity contribution in [3.63, 3.8) is 0 Å². The van der Waals surface area contributed by atoms with E-state index in [1.54, 1.807) is 0 Å². The second-order valence-corrected chi connectivity index (χ2v) is 4.36. The lowest BCUT2D eigenvalue weighted by Crippen LogP contribution is -3.11. The number of carbonyl (C=O) groups excluding carboxylic acids is 1. The van der Waals surface area contributed by atoms with Crippen LogP contribution < -0.4 is 4.90 Å². The molecule has 3 heteroatoms. The lowest BCUT2D eigenvalue weighted by Gasteiger charge is -2.13. The molecule has 0 amide bonds. The van der Waals surface area contributed by atoms with Crippen LogP contribution in [0.3, 0.4) is 0 Å². The molecule has 1 aromatic rings. The van der Waals surface area contributed by atoms with Crippen LogP contribution in [0.1, 0.15) is 32.4 Å². The summed E-state index contributed by atoms with van der Waals surface area (Å²) in [6.45, 7) is 8.57. The van der Waals surface area contributed by atoms with Gasteiger partial charge >= 0.3 is 5.97 Å². The average Bonchev–Trinajstić information content (AvgIpc) is 2.43. The van der Waals surface area contributed by atoms with Crippen LogP contribution >= 0.6 is 0 Å². The Hall–Kier alpha value is -1.79. The van der Waals surface area contributed by atoms with E-state index in [2.05, 4.69) is 25.7 Å². The third-order valence-electron chi connectivity index (χ3n) is 2.96. The van der Waals surface area contributed by atoms with Crippen molar-refractivity contribution in [2.24, 2.45) is 0 Å². The van der Waals surface area contributed by atoms with Gasteiger partial charge in [-0.3, -0.25) is 4.79 Å². The molecule has 0 heterocycles. The number of hydrogen-bond acceptors (Lipinski definition) is 2. The van der Waals surface area contributed by atoms with Crippen molar-refractivity contribution in [3.8, 4) is 11.8 Å². The highest BCUT2D eigenvalue weighted by Gasteiger charge is 2.11. The molecular formula is C16H22NO2+. The van der Waals surface area contributed by atoms with Crippen LogP contribution in [0, 0.1) is 11.8 Å². The van der Waals surface area contributed by atoms with Crippen molar-refractivity contribution in [3.05, 3.63) is 35.9 Å². The van der Waals surface area contributed by atoms with E-state index in [0.29, 0.717) is 0 Å². The molecule has 1 unspecified atom stereocenters. The van der Waals surface area contributed by atoms with Crippen LogP contribution in [0.15, 0.2) is 30.3 Å². The highest BCUT2D eigenvalue weighted by Crippen LogP contribution is 2.15. The van der Waals surface area contributed by atoms with E-state index in [0.717, 1.165) is 25.2 Å². The fourth-order valence-corrected chi connectivity index (χ4v) is 1.74. The van der Waals surface area contributed by atoms with Crippen LogP contribution in [-0.4, -0.2) is 25.6 Å². The second kappa shape index (κ2) is 8.34. The van der Waals surface area contributed by atoms with Gasteiger partial charge in [-0.05, 0) is 25.7 Å². The summed E-state index contributed by atoms with van der Waals surface area (Å²) in [5.41, 5.74) is 0.916. The summed E-state index contributed by atoms with van der Waals surface area (Å²) in [5, 5.41) is 0. The molecule has 1 aromatic carbocycles. The number of quaternary nitrogens is 1. The summed E-state index contributed by atoms with van der Waals surface area (Å²) >= 11 is 0. The minimum atomic E-state index is -0.464. The Morgan fingerprint density at radius 2 is 1.89 bits per heavy atom. The topological polar surface area (TPSA) is 30.7 Å². The molecule has 0 aromatic heterocycles. The number of carbonyl (C=O) groups is 1. The van der Waals surface area contributed by atoms with Crippen LogP contribution in [0.4, 0.5) is 0 Å². The van der Waals surface area contributed by atoms with E-state index in [-0.39, 0.29) is 5.97 Å². The standard InChI is InChI=1S/C16H21NO2/c1-4-17(5-2)13-9-12-16(19-14(3)18)15-10-7-6-8-11-15/h6-8,10-11,16H,4-5,13H2,1-3H3/p+1. The molecule has 102 valence electrons. The van der Waals surface area contributed by atoms with Crippen molar-refractivity contribution in [2.75, 3.05) is 19.6 Å². The van der Waals surface area contributed by atoms with Gasteiger partial charge in [-0.1, -0.05) is 30.3 Å². The van der Waals surface area contributed by atoms with Gasteiger partial charge in [0.2, 0.25) is 0 Å². The maximum absolute atomic E-state index is 11.1. The van der Waals surface area contributed by atoms with E-state index in [4.69, 9.17) is 4.74 Å². The van der Waals surface area contributed by atoms with Crippen molar-refractivity contribution in [2.45, 2.75) is 26.9 Å². The Morgan fingerprint density at radius 3 is 2.42 bits per heavy atom. The number of nitrogens with one attached hydrogen (secondary N) is 1. The first-order valence-electron chi connectivity index (χ1n) is 6.71. The zero-order valence-corrected chi connectivity index (χ0v) is 11.9. The normalized spacial score (nSPS) is 11.6. The summed E-state index contributed by atoms with van der Waals surface area (Å²) in [7, 11) is 0. The molecule has 0 spiro atoms. The van der Waals surface area contributed by atoms with E-state index in [9.17, 15) is 4.79 Å². The highest BCUT2D eigenvalue weighted by atomic mass is 16.5. The molecule has 0 fully saturated rings. The minimum absolute atomic E-state index is 0.307. The van der Waals surface area contributed by atoms with Crippen molar-refractivity contribution < 1.29 is 14.4 Å². The van der Waals surface area contributed by atoms with Crippen LogP contribution in [0.2, 0.25) is 0 Å². The van der Waals surface area contributed by atoms with E-state index >= 15 is 0 Å². The second-order valence-electron chi connectivity index (χ2n) is 4.36. The van der Waals surface area contributed by atoms with Gasteiger partial charge in [0.05, 0.1) is 13.1 Å². The van der Waals surface area contributed by atoms with E-state index in [1.807, 2.05) is 30.3 Å². The summed E-state index contributed by atoms with van der Waals surface area (Å²) in [4.78, 5) is 12.6. The molecule has 0 radical (unpaired) electrons. The maximum Gasteiger partial charge on any atom is 0.304 e. The molecule has 0 saturated heterocycles. The monoisotopic (exact) mass is 260 g/mol. The Balaban J connectivity index is 2.76. The fourth-order valence-electron chi connectivity index (χ4n) is 1.74. The third-order valence-corrected chi connectivity index (χ3v) is 2.96. The summed E-state index contributed by atoms with van der Waals surface area (Å²) in [6.07, 6.45) is -0.464. The number of esters is 1. The molecule has 0 aliphatic rings. The molecule has 0 aliphatic carbocycles. The predicted octanol–water partition coefficient (Wildman–Crippen LogP) is 1.22. The molecule has 1 atom stereocenters. The number of rotatable bonds is 5. The van der Waals surface area contributed by atoms with Crippen molar-refractivity contribution >= 4 is 5.97 Å². The summed E-state index contributed by atoms with van der Waals surface area (Å²) in [5.74, 6) is 5.87. The minimum Gasteiger partial charge on any atom is -0.444 e. The van der Waals surface area contributed by atoms with Gasteiger partial charge in [0, 0.05) is 12.5 Å². The molecule has 3 nitrogen and oxygen atoms in total. The Labute approximate surface area is 115 Å². The third kappa shape index (κ3) is 5.58. The Kier molecular flexibility index (Phi) is 6.70. The van der Waals surface area contributed by atoms with Crippen LogP contribution in [0.25, 0.3) is 0 Å². The lowest BCUT2D eigenvalue weighted by molar-refractivity contribution is -0.889. The number of benzene rings is 1. The molecule has 1 N–H and O–H groups in total. The maximum atomic E-state index is 11.1. The fraction of sp³-hybridized carbons (Fsp3) is 0.438.